The van der Waals surface area contributed by atoms with E-state index in [2.05, 4.69) is 20.3 Å². The van der Waals surface area contributed by atoms with Crippen molar-refractivity contribution in [1.82, 2.24) is 15.5 Å². The lowest BCUT2D eigenvalue weighted by Gasteiger charge is -2.13. The molecular formula is C20H17BN5O8. The molecule has 1 heterocycles. The summed E-state index contributed by atoms with van der Waals surface area (Å²) in [5.41, 5.74) is 0.535. The number of imide groups is 1. The third-order valence-corrected chi connectivity index (χ3v) is 4.42. The van der Waals surface area contributed by atoms with E-state index in [1.807, 2.05) is 5.23 Å². The maximum Gasteiger partial charge on any atom is 0.421 e. The van der Waals surface area contributed by atoms with Gasteiger partial charge >= 0.3 is 19.6 Å². The third-order valence-electron chi connectivity index (χ3n) is 4.42. The molecule has 1 aliphatic heterocycles. The van der Waals surface area contributed by atoms with Gasteiger partial charge < -0.3 is 25.5 Å². The first-order valence-electron chi connectivity index (χ1n) is 9.76. The van der Waals surface area contributed by atoms with Crippen LogP contribution in [0.25, 0.3) is 0 Å². The van der Waals surface area contributed by atoms with E-state index >= 15 is 0 Å². The Balaban J connectivity index is 1.54. The Bertz CT molecular complexity index is 1170. The summed E-state index contributed by atoms with van der Waals surface area (Å²) < 4.78 is 0. The highest BCUT2D eigenvalue weighted by molar-refractivity contribution is 6.38. The van der Waals surface area contributed by atoms with Crippen molar-refractivity contribution < 1.29 is 39.0 Å². The molecule has 0 saturated carbocycles. The molecular weight excluding hydrogens is 449 g/mol. The maximum atomic E-state index is 12.1. The van der Waals surface area contributed by atoms with Gasteiger partial charge in [0.05, 0.1) is 17.7 Å². The third kappa shape index (κ3) is 6.15. The molecule has 1 radical (unpaired) electrons. The lowest BCUT2D eigenvalue weighted by Crippen LogP contribution is -2.44. The zero-order valence-corrected chi connectivity index (χ0v) is 17.4. The number of aromatic hydroxyl groups is 1. The largest absolute Gasteiger partial charge is 0.508 e. The molecule has 1 saturated heterocycles. The van der Waals surface area contributed by atoms with E-state index in [0.717, 1.165) is 7.55 Å². The molecule has 0 spiro atoms. The minimum Gasteiger partial charge on any atom is -0.508 e. The first-order valence-corrected chi connectivity index (χ1v) is 9.76. The van der Waals surface area contributed by atoms with E-state index in [0.29, 0.717) is 5.06 Å². The summed E-state index contributed by atoms with van der Waals surface area (Å²) in [6.07, 6.45) is -1.57. The van der Waals surface area contributed by atoms with Gasteiger partial charge in [-0.3, -0.25) is 14.4 Å². The van der Waals surface area contributed by atoms with Gasteiger partial charge in [0.25, 0.3) is 11.8 Å². The molecule has 1 fully saturated rings. The van der Waals surface area contributed by atoms with Crippen molar-refractivity contribution in [2.75, 3.05) is 0 Å². The molecule has 173 valence electrons. The molecule has 0 unspecified atom stereocenters. The van der Waals surface area contributed by atoms with Crippen molar-refractivity contribution >= 4 is 48.7 Å². The van der Waals surface area contributed by atoms with Gasteiger partial charge in [-0.2, -0.15) is 5.11 Å². The standard InChI is InChI=1S/C20H17BN5O8/c27-15-6-5-12(24-25-14-4-2-1-3-13(14)19(31)32)9-11(15)10-16(28)22-21-23-20(33)34-26-17(29)7-8-18(26)30/h1-6,9,27H,7-8,10H2,(H,22,28)(H,23,33)(H,31,32). The van der Waals surface area contributed by atoms with Gasteiger partial charge in [0, 0.05) is 18.4 Å². The number of carbonyl (C=O) groups is 5. The second kappa shape index (κ2) is 10.7. The fourth-order valence-electron chi connectivity index (χ4n) is 2.80. The first kappa shape index (κ1) is 23.9. The second-order valence-corrected chi connectivity index (χ2v) is 6.83. The van der Waals surface area contributed by atoms with Crippen LogP contribution in [0.15, 0.2) is 52.7 Å². The molecule has 2 aromatic rings. The summed E-state index contributed by atoms with van der Waals surface area (Å²) in [6.45, 7) is 0. The van der Waals surface area contributed by atoms with Crippen LogP contribution in [0.1, 0.15) is 28.8 Å². The Kier molecular flexibility index (Phi) is 7.54. The van der Waals surface area contributed by atoms with Crippen LogP contribution in [0, 0.1) is 0 Å². The summed E-state index contributed by atoms with van der Waals surface area (Å²) >= 11 is 0. The van der Waals surface area contributed by atoms with Crippen molar-refractivity contribution in [2.45, 2.75) is 19.3 Å². The number of hydroxylamine groups is 2. The SMILES string of the molecule is O=C(Cc1cc(N=Nc2ccccc2C(=O)O)ccc1O)N[B]NC(=O)ON1C(=O)CCC1=O. The Morgan fingerprint density at radius 3 is 2.44 bits per heavy atom. The molecule has 0 aromatic heterocycles. The lowest BCUT2D eigenvalue weighted by molar-refractivity contribution is -0.171. The molecule has 14 heteroatoms. The van der Waals surface area contributed by atoms with Crippen molar-refractivity contribution in [1.29, 1.82) is 0 Å². The van der Waals surface area contributed by atoms with E-state index < -0.39 is 29.8 Å². The number of carboxylic acids is 1. The summed E-state index contributed by atoms with van der Waals surface area (Å²) in [4.78, 5) is 62.3. The Labute approximate surface area is 192 Å². The van der Waals surface area contributed by atoms with Crippen LogP contribution in [0.5, 0.6) is 5.75 Å². The minimum absolute atomic E-state index is 0.0374. The maximum absolute atomic E-state index is 12.1. The Morgan fingerprint density at radius 2 is 1.74 bits per heavy atom. The van der Waals surface area contributed by atoms with Gasteiger partial charge in [-0.25, -0.2) is 9.59 Å². The number of nitrogens with one attached hydrogen (secondary N) is 2. The number of hydrogen-bond donors (Lipinski definition) is 4. The average Bonchev–Trinajstić information content (AvgIpc) is 3.11. The van der Waals surface area contributed by atoms with Crippen LogP contribution in [-0.2, 0) is 25.6 Å². The van der Waals surface area contributed by atoms with Crippen LogP contribution in [-0.4, -0.2) is 52.6 Å². The molecule has 4 N–H and O–H groups in total. The number of azo groups is 1. The number of carboxylic acid groups (broad SMARTS) is 1. The van der Waals surface area contributed by atoms with E-state index in [9.17, 15) is 34.2 Å². The smallest absolute Gasteiger partial charge is 0.421 e. The molecule has 2 aromatic carbocycles. The Morgan fingerprint density at radius 1 is 1.03 bits per heavy atom. The lowest BCUT2D eigenvalue weighted by atomic mass is 10.1. The van der Waals surface area contributed by atoms with Crippen LogP contribution < -0.4 is 10.5 Å². The molecule has 1 aliphatic rings. The molecule has 13 nitrogen and oxygen atoms in total. The monoisotopic (exact) mass is 466 g/mol. The predicted octanol–water partition coefficient (Wildman–Crippen LogP) is 1.49. The minimum atomic E-state index is -1.16. The number of phenols is 1. The molecule has 3 rings (SSSR count). The highest BCUT2D eigenvalue weighted by atomic mass is 16.7. The molecule has 0 aliphatic carbocycles. The fourth-order valence-corrected chi connectivity index (χ4v) is 2.80. The highest BCUT2D eigenvalue weighted by Gasteiger charge is 2.32. The number of rotatable bonds is 8. The first-order chi connectivity index (χ1) is 16.2. The average molecular weight is 466 g/mol. The zero-order valence-electron chi connectivity index (χ0n) is 17.4. The van der Waals surface area contributed by atoms with Gasteiger partial charge in [-0.1, -0.05) is 12.1 Å². The van der Waals surface area contributed by atoms with Crippen molar-refractivity contribution in [3.05, 3.63) is 53.6 Å². The van der Waals surface area contributed by atoms with Crippen molar-refractivity contribution in [3.8, 4) is 5.75 Å². The van der Waals surface area contributed by atoms with Crippen LogP contribution in [0.4, 0.5) is 16.2 Å². The number of hydrogen-bond acceptors (Lipinski definition) is 9. The van der Waals surface area contributed by atoms with E-state index in [4.69, 9.17) is 0 Å². The normalized spacial score (nSPS) is 13.1. The van der Waals surface area contributed by atoms with Crippen LogP contribution in [0.2, 0.25) is 0 Å². The summed E-state index contributed by atoms with van der Waals surface area (Å²) in [5, 5.41) is 31.7. The van der Waals surface area contributed by atoms with Gasteiger partial charge in [0.15, 0.2) is 0 Å². The van der Waals surface area contributed by atoms with Crippen LogP contribution in [0.3, 0.4) is 0 Å². The summed E-state index contributed by atoms with van der Waals surface area (Å²) in [5.74, 6) is -3.29. The quantitative estimate of drug-likeness (QED) is 0.256. The van der Waals surface area contributed by atoms with Crippen LogP contribution >= 0.6 is 0 Å². The van der Waals surface area contributed by atoms with Gasteiger partial charge in [0.1, 0.15) is 11.4 Å². The number of amides is 4. The number of nitrogens with zero attached hydrogens (tertiary/aromatic N) is 3. The van der Waals surface area contributed by atoms with E-state index in [1.165, 1.54) is 30.3 Å². The van der Waals surface area contributed by atoms with E-state index in [1.54, 1.807) is 12.1 Å². The Hall–Kier alpha value is -4.75. The summed E-state index contributed by atoms with van der Waals surface area (Å²) in [7, 11) is 0.846. The predicted molar refractivity (Wildman–Crippen MR) is 114 cm³/mol. The number of aromatic carboxylic acids is 1. The zero-order chi connectivity index (χ0) is 24.7. The van der Waals surface area contributed by atoms with Gasteiger partial charge in [0.2, 0.25) is 5.91 Å². The molecule has 0 bridgehead atoms. The number of carbonyl (C=O) groups excluding carboxylic acids is 4. The second-order valence-electron chi connectivity index (χ2n) is 6.83. The summed E-state index contributed by atoms with van der Waals surface area (Å²) in [6, 6.07) is 10.1. The number of phenolic OH excluding ortho intramolecular Hbond substituents is 1. The van der Waals surface area contributed by atoms with Gasteiger partial charge in [-0.15, -0.1) is 10.2 Å². The fraction of sp³-hybridized carbons (Fsp3) is 0.150. The van der Waals surface area contributed by atoms with Crippen molar-refractivity contribution in [2.24, 2.45) is 10.2 Å². The number of benzene rings is 2. The molecule has 4 amide bonds. The topological polar surface area (TPSA) is 187 Å². The van der Waals surface area contributed by atoms with Crippen molar-refractivity contribution in [3.63, 3.8) is 0 Å². The molecule has 0 atom stereocenters. The molecule has 34 heavy (non-hydrogen) atoms. The van der Waals surface area contributed by atoms with Gasteiger partial charge in [-0.05, 0) is 30.3 Å². The van der Waals surface area contributed by atoms with E-state index in [-0.39, 0.29) is 47.5 Å². The highest BCUT2D eigenvalue weighted by Crippen LogP contribution is 2.26.